The van der Waals surface area contributed by atoms with Crippen LogP contribution in [0.5, 0.6) is 11.5 Å². The van der Waals surface area contributed by atoms with Gasteiger partial charge in [-0.15, -0.1) is 0 Å². The molecule has 4 aliphatic rings. The number of allylic oxidation sites excluding steroid dienone is 2. The van der Waals surface area contributed by atoms with E-state index in [9.17, 15) is 28.0 Å². The highest BCUT2D eigenvalue weighted by Crippen LogP contribution is 2.37. The summed E-state index contributed by atoms with van der Waals surface area (Å²) in [6.45, 7) is 5.40. The van der Waals surface area contributed by atoms with E-state index < -0.39 is 11.6 Å². The van der Waals surface area contributed by atoms with Crippen LogP contribution in [-0.4, -0.2) is 84.1 Å². The quantitative estimate of drug-likeness (QED) is 0.286. The van der Waals surface area contributed by atoms with Crippen LogP contribution in [0.1, 0.15) is 58.1 Å². The third-order valence-corrected chi connectivity index (χ3v) is 9.12. The minimum atomic E-state index is -0.504. The highest BCUT2D eigenvalue weighted by Gasteiger charge is 2.26. The van der Waals surface area contributed by atoms with Crippen LogP contribution in [0.3, 0.4) is 0 Å². The molecule has 2 N–H and O–H groups in total. The summed E-state index contributed by atoms with van der Waals surface area (Å²) in [4.78, 5) is 45.3. The van der Waals surface area contributed by atoms with Gasteiger partial charge >= 0.3 is 0 Å². The molecule has 4 heterocycles. The molecule has 12 nitrogen and oxygen atoms in total. The molecule has 49 heavy (non-hydrogen) atoms. The summed E-state index contributed by atoms with van der Waals surface area (Å²) in [7, 11) is 0. The van der Waals surface area contributed by atoms with Gasteiger partial charge in [-0.25, -0.2) is 8.78 Å². The van der Waals surface area contributed by atoms with Gasteiger partial charge in [0.25, 0.3) is 11.8 Å². The molecule has 6 rings (SSSR count). The molecule has 2 aromatic rings. The van der Waals surface area contributed by atoms with Crippen molar-refractivity contribution in [3.63, 3.8) is 0 Å². The highest BCUT2D eigenvalue weighted by atomic mass is 35.5. The van der Waals surface area contributed by atoms with Crippen LogP contribution in [0.4, 0.5) is 20.2 Å². The second-order valence-electron chi connectivity index (χ2n) is 11.4. The average Bonchev–Trinajstić information content (AvgIpc) is 3.10. The first-order valence-corrected chi connectivity index (χ1v) is 16.0. The van der Waals surface area contributed by atoms with E-state index >= 15 is 0 Å². The number of fused-ring (bicyclic) bond motifs is 2. The van der Waals surface area contributed by atoms with Crippen LogP contribution in [0.25, 0.3) is 11.1 Å². The van der Waals surface area contributed by atoms with Gasteiger partial charge in [0.1, 0.15) is 33.4 Å². The Morgan fingerprint density at radius 2 is 1.06 bits per heavy atom. The van der Waals surface area contributed by atoms with Crippen molar-refractivity contribution in [3.05, 3.63) is 57.3 Å². The number of hydrogen-bond acceptors (Lipinski definition) is 8. The maximum atomic E-state index is 14.4. The van der Waals surface area contributed by atoms with Crippen molar-refractivity contribution < 1.29 is 37.4 Å². The SMILES string of the molecule is C.C/C(=C(/Cl)N1CCCCN1C=O)c1cc2c(cc1F)OCC(=O)N2.C/C(=C(/Cl)N1CCCCN1C=O)c1cc2c(cc1F)OCC(=O)N2. The number of halogens is 4. The van der Waals surface area contributed by atoms with E-state index in [2.05, 4.69) is 10.6 Å². The molecule has 0 bridgehead atoms. The van der Waals surface area contributed by atoms with E-state index in [0.717, 1.165) is 25.7 Å². The van der Waals surface area contributed by atoms with Crippen molar-refractivity contribution in [3.8, 4) is 11.5 Å². The lowest BCUT2D eigenvalue weighted by molar-refractivity contribution is -0.133. The topological polar surface area (TPSA) is 124 Å². The van der Waals surface area contributed by atoms with Gasteiger partial charge in [0, 0.05) is 49.4 Å². The predicted octanol–water partition coefficient (Wildman–Crippen LogP) is 5.74. The van der Waals surface area contributed by atoms with Crippen LogP contribution >= 0.6 is 23.2 Å². The van der Waals surface area contributed by atoms with E-state index in [1.165, 1.54) is 34.3 Å². The molecule has 16 heteroatoms. The van der Waals surface area contributed by atoms with Crippen LogP contribution < -0.4 is 20.1 Å². The normalized spacial score (nSPS) is 18.0. The monoisotopic (exact) mass is 722 g/mol. The van der Waals surface area contributed by atoms with E-state index in [-0.39, 0.29) is 65.4 Å². The predicted molar refractivity (Wildman–Crippen MR) is 182 cm³/mol. The molecule has 2 fully saturated rings. The summed E-state index contributed by atoms with van der Waals surface area (Å²) in [5.41, 5.74) is 2.26. The number of anilines is 2. The van der Waals surface area contributed by atoms with E-state index in [0.29, 0.717) is 61.5 Å². The Kier molecular flexibility index (Phi) is 12.3. The van der Waals surface area contributed by atoms with Crippen molar-refractivity contribution in [1.82, 2.24) is 20.0 Å². The van der Waals surface area contributed by atoms with Gasteiger partial charge in [-0.1, -0.05) is 30.6 Å². The molecule has 264 valence electrons. The van der Waals surface area contributed by atoms with Crippen molar-refractivity contribution in [1.29, 1.82) is 0 Å². The van der Waals surface area contributed by atoms with Crippen molar-refractivity contribution in [2.75, 3.05) is 50.0 Å². The number of benzene rings is 2. The zero-order chi connectivity index (χ0) is 34.5. The van der Waals surface area contributed by atoms with Gasteiger partial charge < -0.3 is 20.1 Å². The molecule has 2 saturated heterocycles. The van der Waals surface area contributed by atoms with Crippen molar-refractivity contribution >= 4 is 70.4 Å². The van der Waals surface area contributed by atoms with E-state index in [1.54, 1.807) is 23.9 Å². The largest absolute Gasteiger partial charge is 0.481 e. The second kappa shape index (κ2) is 16.2. The van der Waals surface area contributed by atoms with Crippen molar-refractivity contribution in [2.45, 2.75) is 47.0 Å². The Labute approximate surface area is 293 Å². The molecular weight excluding hydrogens is 685 g/mol. The molecule has 2 aromatic carbocycles. The van der Waals surface area contributed by atoms with E-state index in [1.807, 2.05) is 0 Å². The zero-order valence-corrected chi connectivity index (χ0v) is 27.8. The zero-order valence-electron chi connectivity index (χ0n) is 26.3. The Hall–Kier alpha value is -4.56. The molecule has 0 radical (unpaired) electrons. The molecule has 0 atom stereocenters. The van der Waals surface area contributed by atoms with Crippen LogP contribution in [-0.2, 0) is 19.2 Å². The summed E-state index contributed by atoms with van der Waals surface area (Å²) in [5, 5.41) is 12.1. The number of carbonyl (C=O) groups is 4. The summed E-state index contributed by atoms with van der Waals surface area (Å²) in [6.07, 6.45) is 5.01. The van der Waals surface area contributed by atoms with Gasteiger partial charge in [-0.2, -0.15) is 0 Å². The standard InChI is InChI=1S/2C16H17ClFN3O3.CH4/c2*1-10(16(17)21-5-3-2-4-20(21)9-22)11-6-13-14(7-12(11)18)24-8-15(23)19-13;/h2*6-7,9H,2-5,8H2,1H3,(H,19,23);1H4/b2*16-10+;. The third-order valence-electron chi connectivity index (χ3n) is 8.16. The van der Waals surface area contributed by atoms with Crippen LogP contribution in [0, 0.1) is 11.6 Å². The second-order valence-corrected chi connectivity index (χ2v) is 12.1. The maximum Gasteiger partial charge on any atom is 0.262 e. The maximum absolute atomic E-state index is 14.4. The van der Waals surface area contributed by atoms with Gasteiger partial charge in [-0.05, 0) is 62.8 Å². The Morgan fingerprint density at radius 1 is 0.694 bits per heavy atom. The lowest BCUT2D eigenvalue weighted by Crippen LogP contribution is -2.44. The minimum absolute atomic E-state index is 0. The number of amides is 4. The van der Waals surface area contributed by atoms with Gasteiger partial charge in [0.2, 0.25) is 12.8 Å². The van der Waals surface area contributed by atoms with Gasteiger partial charge in [-0.3, -0.25) is 39.2 Å². The molecule has 0 saturated carbocycles. The summed E-state index contributed by atoms with van der Waals surface area (Å²) >= 11 is 12.8. The molecule has 0 unspecified atom stereocenters. The van der Waals surface area contributed by atoms with E-state index in [4.69, 9.17) is 32.7 Å². The molecular formula is C33H38Cl2F2N6O6. The minimum Gasteiger partial charge on any atom is -0.481 e. The number of ether oxygens (including phenoxy) is 2. The summed E-state index contributed by atoms with van der Waals surface area (Å²) in [5.74, 6) is -1.03. The number of hydrogen-bond donors (Lipinski definition) is 2. The Balaban J connectivity index is 0.000000216. The fraction of sp³-hybridized carbons (Fsp3) is 0.394. The molecule has 4 aliphatic heterocycles. The number of carbonyl (C=O) groups excluding carboxylic acids is 4. The van der Waals surface area contributed by atoms with Crippen LogP contribution in [0.2, 0.25) is 0 Å². The van der Waals surface area contributed by atoms with Crippen molar-refractivity contribution in [2.24, 2.45) is 0 Å². The third kappa shape index (κ3) is 8.19. The van der Waals surface area contributed by atoms with Gasteiger partial charge in [0.15, 0.2) is 13.2 Å². The first-order chi connectivity index (χ1) is 23.0. The molecule has 0 aliphatic carbocycles. The summed E-state index contributed by atoms with van der Waals surface area (Å²) < 4.78 is 39.3. The number of hydrazine groups is 2. The van der Waals surface area contributed by atoms with Crippen LogP contribution in [0.15, 0.2) is 34.6 Å². The number of nitrogens with zero attached hydrogens (tertiary/aromatic N) is 4. The van der Waals surface area contributed by atoms with Gasteiger partial charge in [0.05, 0.1) is 11.4 Å². The molecule has 0 spiro atoms. The smallest absolute Gasteiger partial charge is 0.262 e. The lowest BCUT2D eigenvalue weighted by Gasteiger charge is -2.37. The number of rotatable bonds is 6. The molecule has 0 aromatic heterocycles. The first-order valence-electron chi connectivity index (χ1n) is 15.3. The fourth-order valence-electron chi connectivity index (χ4n) is 5.60. The number of nitrogens with one attached hydrogen (secondary N) is 2. The average molecular weight is 724 g/mol. The Bertz CT molecular complexity index is 1570. The Morgan fingerprint density at radius 3 is 1.43 bits per heavy atom. The summed E-state index contributed by atoms with van der Waals surface area (Å²) in [6, 6.07) is 5.44. The molecule has 4 amide bonds. The highest BCUT2D eigenvalue weighted by molar-refractivity contribution is 6.32. The fourth-order valence-corrected chi connectivity index (χ4v) is 6.16. The lowest BCUT2D eigenvalue weighted by atomic mass is 10.1. The first kappa shape index (κ1) is 37.3.